The highest BCUT2D eigenvalue weighted by Crippen LogP contribution is 2.54. The standard InChI is InChI=1S/C23H29N3O6S2/c1-16(15-27)34(31,32)25-18-5-6-20(21(14-18)26-11-9-23(7-8-23)10-12-26)22(28)24-17-3-2-4-19(13-17)33(29)30/h2-6,13-14,16,25,27H,7-12,15H2,1H3,(H,24,28)(H,29,30)/t16-/m1/s1. The number of piperidine rings is 1. The van der Waals surface area contributed by atoms with E-state index in [-0.39, 0.29) is 4.90 Å². The van der Waals surface area contributed by atoms with Gasteiger partial charge in [-0.15, -0.1) is 0 Å². The van der Waals surface area contributed by atoms with Gasteiger partial charge in [-0.2, -0.15) is 0 Å². The van der Waals surface area contributed by atoms with Crippen LogP contribution in [0.3, 0.4) is 0 Å². The molecule has 0 bridgehead atoms. The number of nitrogens with zero attached hydrogens (tertiary/aromatic N) is 1. The lowest BCUT2D eigenvalue weighted by atomic mass is 9.93. The Morgan fingerprint density at radius 2 is 1.82 bits per heavy atom. The van der Waals surface area contributed by atoms with Crippen LogP contribution in [0, 0.1) is 5.41 Å². The van der Waals surface area contributed by atoms with Crippen molar-refractivity contribution in [2.45, 2.75) is 42.8 Å². The van der Waals surface area contributed by atoms with Crippen molar-refractivity contribution in [3.63, 3.8) is 0 Å². The first kappa shape index (κ1) is 24.6. The fourth-order valence-electron chi connectivity index (χ4n) is 4.19. The van der Waals surface area contributed by atoms with Gasteiger partial charge in [0.2, 0.25) is 10.0 Å². The summed E-state index contributed by atoms with van der Waals surface area (Å²) in [5.74, 6) is -0.402. The summed E-state index contributed by atoms with van der Waals surface area (Å²) in [6, 6.07) is 10.9. The molecule has 184 valence electrons. The van der Waals surface area contributed by atoms with E-state index < -0.39 is 38.9 Å². The quantitative estimate of drug-likeness (QED) is 0.403. The normalized spacial score (nSPS) is 18.9. The molecule has 4 N–H and O–H groups in total. The topological polar surface area (TPSA) is 136 Å². The molecule has 0 aromatic heterocycles. The summed E-state index contributed by atoms with van der Waals surface area (Å²) in [5, 5.41) is 11.1. The van der Waals surface area contributed by atoms with Crippen molar-refractivity contribution in [2.24, 2.45) is 5.41 Å². The summed E-state index contributed by atoms with van der Waals surface area (Å²) < 4.78 is 48.1. The number of sulfonamides is 1. The van der Waals surface area contributed by atoms with Crippen LogP contribution in [0.4, 0.5) is 17.1 Å². The smallest absolute Gasteiger partial charge is 0.257 e. The number of carbonyl (C=O) groups excluding carboxylic acids is 1. The van der Waals surface area contributed by atoms with Crippen molar-refractivity contribution in [3.8, 4) is 0 Å². The highest BCUT2D eigenvalue weighted by molar-refractivity contribution is 7.93. The second-order valence-corrected chi connectivity index (χ2v) is 12.2. The lowest BCUT2D eigenvalue weighted by Gasteiger charge is -2.35. The summed E-state index contributed by atoms with van der Waals surface area (Å²) in [7, 11) is -3.79. The van der Waals surface area contributed by atoms with Crippen molar-refractivity contribution >= 4 is 44.1 Å². The predicted octanol–water partition coefficient (Wildman–Crippen LogP) is 3.02. The van der Waals surface area contributed by atoms with E-state index in [9.17, 15) is 27.1 Å². The zero-order valence-corrected chi connectivity index (χ0v) is 20.5. The van der Waals surface area contributed by atoms with Crippen LogP contribution >= 0.6 is 0 Å². The average Bonchev–Trinajstić information content (AvgIpc) is 3.57. The summed E-state index contributed by atoms with van der Waals surface area (Å²) >= 11 is -2.17. The maximum atomic E-state index is 13.2. The van der Waals surface area contributed by atoms with Gasteiger partial charge in [0.25, 0.3) is 5.91 Å². The summed E-state index contributed by atoms with van der Waals surface area (Å²) in [6.45, 7) is 2.44. The maximum Gasteiger partial charge on any atom is 0.257 e. The number of hydrogen-bond donors (Lipinski definition) is 4. The average molecular weight is 508 g/mol. The zero-order chi connectivity index (χ0) is 24.5. The Balaban J connectivity index is 1.63. The largest absolute Gasteiger partial charge is 0.395 e. The molecular formula is C23H29N3O6S2. The van der Waals surface area contributed by atoms with Crippen LogP contribution in [0.1, 0.15) is 43.0 Å². The van der Waals surface area contributed by atoms with Gasteiger partial charge in [-0.1, -0.05) is 6.07 Å². The number of aliphatic hydroxyl groups is 1. The number of anilines is 3. The Labute approximate surface area is 201 Å². The molecule has 1 saturated heterocycles. The van der Waals surface area contributed by atoms with E-state index in [0.717, 1.165) is 25.9 Å². The molecule has 0 radical (unpaired) electrons. The lowest BCUT2D eigenvalue weighted by Crippen LogP contribution is -2.36. The zero-order valence-electron chi connectivity index (χ0n) is 18.9. The first-order chi connectivity index (χ1) is 16.1. The molecule has 2 atom stereocenters. The minimum absolute atomic E-state index is 0.173. The van der Waals surface area contributed by atoms with E-state index in [2.05, 4.69) is 14.9 Å². The molecule has 11 heteroatoms. The second-order valence-electron chi connectivity index (χ2n) is 9.09. The first-order valence-corrected chi connectivity index (χ1v) is 13.8. The molecule has 1 aliphatic heterocycles. The lowest BCUT2D eigenvalue weighted by molar-refractivity contribution is 0.102. The molecule has 1 saturated carbocycles. The van der Waals surface area contributed by atoms with Crippen LogP contribution < -0.4 is 14.9 Å². The van der Waals surface area contributed by atoms with E-state index in [0.29, 0.717) is 28.0 Å². The molecule has 2 fully saturated rings. The molecule has 1 amide bonds. The molecule has 4 rings (SSSR count). The molecule has 9 nitrogen and oxygen atoms in total. The van der Waals surface area contributed by atoms with E-state index in [1.54, 1.807) is 24.3 Å². The molecule has 1 unspecified atom stereocenters. The molecule has 2 aromatic rings. The minimum atomic E-state index is -3.79. The summed E-state index contributed by atoms with van der Waals surface area (Å²) in [4.78, 5) is 15.5. The predicted molar refractivity (Wildman–Crippen MR) is 132 cm³/mol. The third-order valence-electron chi connectivity index (χ3n) is 6.70. The number of benzene rings is 2. The van der Waals surface area contributed by atoms with Crippen LogP contribution in [0.25, 0.3) is 0 Å². The van der Waals surface area contributed by atoms with E-state index in [4.69, 9.17) is 0 Å². The Kier molecular flexibility index (Phi) is 6.99. The molecule has 1 spiro atoms. The minimum Gasteiger partial charge on any atom is -0.395 e. The van der Waals surface area contributed by atoms with Gasteiger partial charge >= 0.3 is 0 Å². The maximum absolute atomic E-state index is 13.2. The highest BCUT2D eigenvalue weighted by atomic mass is 32.2. The van der Waals surface area contributed by atoms with Gasteiger partial charge in [0.15, 0.2) is 11.1 Å². The van der Waals surface area contributed by atoms with Crippen LogP contribution in [0.2, 0.25) is 0 Å². The SMILES string of the molecule is C[C@H](CO)S(=O)(=O)Nc1ccc(C(=O)Nc2cccc(S(=O)O)c2)c(N2CCC3(CC2)CC3)c1. The van der Waals surface area contributed by atoms with Crippen LogP contribution in [-0.4, -0.2) is 53.1 Å². The van der Waals surface area contributed by atoms with Crippen LogP contribution in [-0.2, 0) is 21.1 Å². The Morgan fingerprint density at radius 1 is 1.12 bits per heavy atom. The Hall–Kier alpha value is -2.47. The fourth-order valence-corrected chi connectivity index (χ4v) is 5.47. The Bertz CT molecular complexity index is 1200. The number of nitrogens with one attached hydrogen (secondary N) is 2. The van der Waals surface area contributed by atoms with Gasteiger partial charge in [0.1, 0.15) is 5.25 Å². The number of rotatable bonds is 8. The Morgan fingerprint density at radius 3 is 2.44 bits per heavy atom. The van der Waals surface area contributed by atoms with Crippen LogP contribution in [0.5, 0.6) is 0 Å². The van der Waals surface area contributed by atoms with Gasteiger partial charge in [-0.05, 0) is 74.4 Å². The monoisotopic (exact) mass is 507 g/mol. The van der Waals surface area contributed by atoms with Crippen molar-refractivity contribution in [2.75, 3.05) is 34.6 Å². The van der Waals surface area contributed by atoms with Crippen LogP contribution in [0.15, 0.2) is 47.4 Å². The molecular weight excluding hydrogens is 478 g/mol. The third kappa shape index (κ3) is 5.43. The van der Waals surface area contributed by atoms with Gasteiger partial charge in [-0.3, -0.25) is 9.52 Å². The van der Waals surface area contributed by atoms with E-state index in [1.165, 1.54) is 38.0 Å². The second kappa shape index (κ2) is 9.65. The highest BCUT2D eigenvalue weighted by Gasteiger charge is 2.44. The number of aliphatic hydroxyl groups excluding tert-OH is 1. The van der Waals surface area contributed by atoms with Crippen molar-refractivity contribution in [1.29, 1.82) is 0 Å². The van der Waals surface area contributed by atoms with Crippen molar-refractivity contribution < 1.29 is 27.1 Å². The number of hydrogen-bond acceptors (Lipinski definition) is 6. The van der Waals surface area contributed by atoms with Gasteiger partial charge in [-0.25, -0.2) is 12.6 Å². The van der Waals surface area contributed by atoms with Crippen molar-refractivity contribution in [1.82, 2.24) is 0 Å². The van der Waals surface area contributed by atoms with E-state index in [1.807, 2.05) is 0 Å². The summed E-state index contributed by atoms with van der Waals surface area (Å²) in [6.07, 6.45) is 4.51. The summed E-state index contributed by atoms with van der Waals surface area (Å²) in [5.41, 5.74) is 2.12. The van der Waals surface area contributed by atoms with E-state index >= 15 is 0 Å². The third-order valence-corrected chi connectivity index (χ3v) is 9.09. The van der Waals surface area contributed by atoms with Gasteiger partial charge in [0.05, 0.1) is 28.4 Å². The number of amides is 1. The molecule has 34 heavy (non-hydrogen) atoms. The number of carbonyl (C=O) groups is 1. The molecule has 1 aliphatic carbocycles. The fraction of sp³-hybridized carbons (Fsp3) is 0.435. The first-order valence-electron chi connectivity index (χ1n) is 11.2. The van der Waals surface area contributed by atoms with Gasteiger partial charge in [0, 0.05) is 18.8 Å². The molecule has 1 heterocycles. The molecule has 2 aliphatic rings. The molecule has 2 aromatic carbocycles. The van der Waals surface area contributed by atoms with Gasteiger partial charge < -0.3 is 19.9 Å². The van der Waals surface area contributed by atoms with Crippen molar-refractivity contribution in [3.05, 3.63) is 48.0 Å².